The third-order valence-corrected chi connectivity index (χ3v) is 10.4. The third kappa shape index (κ3) is 5.91. The summed E-state index contributed by atoms with van der Waals surface area (Å²) in [5.41, 5.74) is 0. The van der Waals surface area contributed by atoms with Gasteiger partial charge in [0.1, 0.15) is 12.9 Å². The van der Waals surface area contributed by atoms with E-state index in [0.717, 1.165) is 0 Å². The lowest BCUT2D eigenvalue weighted by Gasteiger charge is -2.40. The summed E-state index contributed by atoms with van der Waals surface area (Å²) in [5.74, 6) is 0.265. The molecule has 1 rings (SSSR count). The largest absolute Gasteiger partial charge is 0.423 e. The molecule has 138 valence electrons. The van der Waals surface area contributed by atoms with E-state index in [1.807, 2.05) is 0 Å². The van der Waals surface area contributed by atoms with E-state index in [1.54, 1.807) is 0 Å². The van der Waals surface area contributed by atoms with Gasteiger partial charge in [0.2, 0.25) is 6.54 Å². The van der Waals surface area contributed by atoms with Crippen molar-refractivity contribution in [2.45, 2.75) is 71.1 Å². The van der Waals surface area contributed by atoms with E-state index in [4.69, 9.17) is 24.8 Å². The van der Waals surface area contributed by atoms with E-state index in [-0.39, 0.29) is 29.3 Å². The zero-order chi connectivity index (χ0) is 18.5. The predicted octanol–water partition coefficient (Wildman–Crippen LogP) is 4.50. The van der Waals surface area contributed by atoms with Crippen LogP contribution >= 0.6 is 8.00 Å². The van der Waals surface area contributed by atoms with Gasteiger partial charge in [0.05, 0.1) is 18.3 Å². The SMILES string of the molecule is [C-]#[N+]CCO[P+](=C)OC[C@H]1O[C@@H](C)[C@@H](O[Si](C)(C)C(C)(C)C)C1C. The van der Waals surface area contributed by atoms with Crippen molar-refractivity contribution in [3.63, 3.8) is 0 Å². The van der Waals surface area contributed by atoms with Crippen LogP contribution in [-0.2, 0) is 18.2 Å². The lowest BCUT2D eigenvalue weighted by atomic mass is 10.00. The summed E-state index contributed by atoms with van der Waals surface area (Å²) in [6.45, 7) is 23.4. The van der Waals surface area contributed by atoms with Gasteiger partial charge in [-0.2, -0.15) is 4.52 Å². The van der Waals surface area contributed by atoms with Gasteiger partial charge in [0.15, 0.2) is 14.9 Å². The summed E-state index contributed by atoms with van der Waals surface area (Å²) in [4.78, 5) is 3.25. The van der Waals surface area contributed by atoms with Gasteiger partial charge >= 0.3 is 8.00 Å². The minimum absolute atomic E-state index is 0.00835. The fourth-order valence-electron chi connectivity index (χ4n) is 2.41. The fourth-order valence-corrected chi connectivity index (χ4v) is 4.52. The molecule has 0 amide bonds. The maximum atomic E-state index is 6.73. The van der Waals surface area contributed by atoms with Crippen molar-refractivity contribution < 1.29 is 18.2 Å². The molecule has 0 radical (unpaired) electrons. The van der Waals surface area contributed by atoms with Crippen LogP contribution in [0.2, 0.25) is 18.1 Å². The molecule has 0 aromatic heterocycles. The van der Waals surface area contributed by atoms with E-state index >= 15 is 0 Å². The van der Waals surface area contributed by atoms with Gasteiger partial charge in [0, 0.05) is 5.92 Å². The summed E-state index contributed by atoms with van der Waals surface area (Å²) in [7, 11) is -3.04. The van der Waals surface area contributed by atoms with E-state index in [9.17, 15) is 0 Å². The molecule has 0 saturated carbocycles. The van der Waals surface area contributed by atoms with E-state index < -0.39 is 16.3 Å². The Balaban J connectivity index is 2.55. The van der Waals surface area contributed by atoms with Crippen molar-refractivity contribution in [2.75, 3.05) is 19.8 Å². The highest BCUT2D eigenvalue weighted by Crippen LogP contribution is 2.41. The lowest BCUT2D eigenvalue weighted by Crippen LogP contribution is -2.47. The van der Waals surface area contributed by atoms with Gasteiger partial charge in [-0.25, -0.2) is 6.57 Å². The quantitative estimate of drug-likeness (QED) is 0.272. The van der Waals surface area contributed by atoms with Crippen LogP contribution in [0, 0.1) is 12.5 Å². The Morgan fingerprint density at radius 2 is 1.88 bits per heavy atom. The van der Waals surface area contributed by atoms with Gasteiger partial charge in [-0.05, 0) is 25.1 Å². The normalized spacial score (nSPS) is 28.7. The fraction of sp³-hybridized carbons (Fsp3) is 0.882. The highest BCUT2D eigenvalue weighted by atomic mass is 31.1. The molecule has 1 aliphatic heterocycles. The summed E-state index contributed by atoms with van der Waals surface area (Å²) >= 11 is 0. The average Bonchev–Trinajstić information content (AvgIpc) is 2.71. The van der Waals surface area contributed by atoms with Crippen molar-refractivity contribution in [3.8, 4) is 0 Å². The third-order valence-electron chi connectivity index (χ3n) is 5.01. The minimum Gasteiger partial charge on any atom is -0.411 e. The molecule has 0 spiro atoms. The van der Waals surface area contributed by atoms with Crippen LogP contribution in [-0.4, -0.2) is 52.7 Å². The smallest absolute Gasteiger partial charge is 0.411 e. The first-order valence-electron chi connectivity index (χ1n) is 8.52. The molecule has 0 N–H and O–H groups in total. The minimum atomic E-state index is -1.83. The van der Waals surface area contributed by atoms with Crippen molar-refractivity contribution in [1.29, 1.82) is 0 Å². The Hall–Kier alpha value is -0.283. The maximum absolute atomic E-state index is 6.73. The second-order valence-electron chi connectivity index (χ2n) is 7.92. The van der Waals surface area contributed by atoms with Crippen molar-refractivity contribution >= 4 is 22.6 Å². The maximum Gasteiger partial charge on any atom is 0.423 e. The van der Waals surface area contributed by atoms with Crippen LogP contribution in [0.25, 0.3) is 4.85 Å². The Morgan fingerprint density at radius 1 is 1.25 bits per heavy atom. The van der Waals surface area contributed by atoms with E-state index in [1.165, 1.54) is 0 Å². The number of hydrogen-bond acceptors (Lipinski definition) is 4. The Labute approximate surface area is 149 Å². The molecule has 7 heteroatoms. The van der Waals surface area contributed by atoms with Crippen molar-refractivity contribution in [2.24, 2.45) is 5.92 Å². The van der Waals surface area contributed by atoms with Gasteiger partial charge in [-0.1, -0.05) is 27.7 Å². The molecule has 1 saturated heterocycles. The van der Waals surface area contributed by atoms with Gasteiger partial charge in [-0.3, -0.25) is 0 Å². The molecule has 1 fully saturated rings. The van der Waals surface area contributed by atoms with Crippen molar-refractivity contribution in [1.82, 2.24) is 0 Å². The number of hydrogen-bond donors (Lipinski definition) is 0. The molecule has 5 nitrogen and oxygen atoms in total. The van der Waals surface area contributed by atoms with Crippen molar-refractivity contribution in [3.05, 3.63) is 11.4 Å². The molecule has 0 aromatic rings. The molecule has 1 heterocycles. The van der Waals surface area contributed by atoms with Crippen LogP contribution in [0.15, 0.2) is 0 Å². The van der Waals surface area contributed by atoms with Crippen LogP contribution in [0.3, 0.4) is 0 Å². The molecular weight excluding hydrogens is 341 g/mol. The molecule has 0 bridgehead atoms. The first-order chi connectivity index (χ1) is 11.0. The lowest BCUT2D eigenvalue weighted by molar-refractivity contribution is 0.00522. The molecule has 0 aliphatic carbocycles. The van der Waals surface area contributed by atoms with Crippen LogP contribution in [0.5, 0.6) is 0 Å². The van der Waals surface area contributed by atoms with Gasteiger partial charge in [0.25, 0.3) is 0 Å². The average molecular weight is 375 g/mol. The number of nitrogens with zero attached hydrogens (tertiary/aromatic N) is 1. The molecule has 2 unspecified atom stereocenters. The second kappa shape index (κ2) is 8.89. The summed E-state index contributed by atoms with van der Waals surface area (Å²) in [5, 5.41) is 0.180. The first-order valence-corrected chi connectivity index (χ1v) is 12.8. The summed E-state index contributed by atoms with van der Waals surface area (Å²) < 4.78 is 23.7. The highest BCUT2D eigenvalue weighted by Gasteiger charge is 2.47. The molecule has 0 aromatic carbocycles. The molecule has 5 atom stereocenters. The van der Waals surface area contributed by atoms with Crippen LogP contribution < -0.4 is 0 Å². The predicted molar refractivity (Wildman–Crippen MR) is 103 cm³/mol. The van der Waals surface area contributed by atoms with Gasteiger partial charge < -0.3 is 14.0 Å². The standard InChI is InChI=1S/C17H33NO4PSi/c1-13-15(12-20-23(7)19-11-10-18-6)21-14(2)16(13)22-24(8,9)17(3,4)5/h13-16H,7,10-12H2,1-5,8-9H3/q+1/t13?,14-,15+,16-/m0/s1. The molecule has 24 heavy (non-hydrogen) atoms. The zero-order valence-corrected chi connectivity index (χ0v) is 18.1. The monoisotopic (exact) mass is 374 g/mol. The van der Waals surface area contributed by atoms with Crippen LogP contribution in [0.4, 0.5) is 0 Å². The summed E-state index contributed by atoms with van der Waals surface area (Å²) in [6.07, 6.45) is 4.01. The second-order valence-corrected chi connectivity index (χ2v) is 13.9. The molecular formula is C17H33NO4PSi+. The van der Waals surface area contributed by atoms with E-state index in [0.29, 0.717) is 19.8 Å². The summed E-state index contributed by atoms with van der Waals surface area (Å²) in [6, 6.07) is 0. The zero-order valence-electron chi connectivity index (χ0n) is 16.2. The van der Waals surface area contributed by atoms with Gasteiger partial charge in [-0.15, -0.1) is 4.52 Å². The first kappa shape index (κ1) is 21.8. The van der Waals surface area contributed by atoms with Crippen LogP contribution in [0.1, 0.15) is 34.6 Å². The Bertz CT molecular complexity index is 472. The number of rotatable bonds is 8. The topological polar surface area (TPSA) is 41.3 Å². The van der Waals surface area contributed by atoms with E-state index in [2.05, 4.69) is 58.9 Å². The Morgan fingerprint density at radius 3 is 2.42 bits per heavy atom. The highest BCUT2D eigenvalue weighted by molar-refractivity contribution is 7.45. The number of ether oxygens (including phenoxy) is 1. The Kier molecular flexibility index (Phi) is 8.06. The molecule has 1 aliphatic rings.